The van der Waals surface area contributed by atoms with E-state index in [1.54, 1.807) is 27.3 Å². The van der Waals surface area contributed by atoms with E-state index in [4.69, 9.17) is 16.3 Å². The Hall–Kier alpha value is -3.05. The van der Waals surface area contributed by atoms with Gasteiger partial charge in [-0.1, -0.05) is 23.7 Å². The summed E-state index contributed by atoms with van der Waals surface area (Å²) in [4.78, 5) is 17.4. The Labute approximate surface area is 155 Å². The standard InChI is InChI=1S/C20H16ClN3O2/c1-2-26-17-9-7-16(8-10-17)24-12-11-23-13-18(22-19(23)20(24)25)14-3-5-15(21)6-4-14/h3-13H,2H2,1H3. The molecule has 0 fully saturated rings. The number of nitrogens with zero attached hydrogens (tertiary/aromatic N) is 3. The summed E-state index contributed by atoms with van der Waals surface area (Å²) in [5.74, 6) is 0.774. The number of aromatic nitrogens is 3. The van der Waals surface area contributed by atoms with Crippen molar-refractivity contribution in [3.05, 3.63) is 82.5 Å². The molecule has 0 bridgehead atoms. The number of fused-ring (bicyclic) bond motifs is 1. The first-order chi connectivity index (χ1) is 12.7. The van der Waals surface area contributed by atoms with Crippen LogP contribution in [0, 0.1) is 0 Å². The molecular formula is C20H16ClN3O2. The lowest BCUT2D eigenvalue weighted by atomic mass is 10.2. The van der Waals surface area contributed by atoms with Gasteiger partial charge in [0.05, 0.1) is 12.3 Å². The molecule has 130 valence electrons. The van der Waals surface area contributed by atoms with Crippen LogP contribution in [0.3, 0.4) is 0 Å². The second kappa shape index (κ2) is 6.69. The highest BCUT2D eigenvalue weighted by Crippen LogP contribution is 2.21. The molecule has 4 aromatic rings. The summed E-state index contributed by atoms with van der Waals surface area (Å²) in [6, 6.07) is 14.8. The summed E-state index contributed by atoms with van der Waals surface area (Å²) in [5.41, 5.74) is 2.58. The highest BCUT2D eigenvalue weighted by molar-refractivity contribution is 6.30. The first-order valence-electron chi connectivity index (χ1n) is 8.25. The minimum Gasteiger partial charge on any atom is -0.494 e. The monoisotopic (exact) mass is 365 g/mol. The summed E-state index contributed by atoms with van der Waals surface area (Å²) in [5, 5.41) is 0.662. The molecule has 6 heteroatoms. The van der Waals surface area contributed by atoms with Crippen LogP contribution < -0.4 is 10.3 Å². The van der Waals surface area contributed by atoms with Crippen molar-refractivity contribution in [2.75, 3.05) is 6.61 Å². The van der Waals surface area contributed by atoms with Crippen LogP contribution in [0.5, 0.6) is 5.75 Å². The number of imidazole rings is 1. The topological polar surface area (TPSA) is 48.5 Å². The lowest BCUT2D eigenvalue weighted by molar-refractivity contribution is 0.340. The van der Waals surface area contributed by atoms with Gasteiger partial charge < -0.3 is 9.14 Å². The van der Waals surface area contributed by atoms with Crippen molar-refractivity contribution in [3.8, 4) is 22.7 Å². The highest BCUT2D eigenvalue weighted by atomic mass is 35.5. The lowest BCUT2D eigenvalue weighted by Gasteiger charge is -2.07. The molecule has 0 amide bonds. The van der Waals surface area contributed by atoms with E-state index in [1.807, 2.05) is 55.7 Å². The Balaban J connectivity index is 1.77. The molecule has 5 nitrogen and oxygen atoms in total. The van der Waals surface area contributed by atoms with E-state index in [0.717, 1.165) is 22.7 Å². The van der Waals surface area contributed by atoms with Crippen LogP contribution in [0.4, 0.5) is 0 Å². The van der Waals surface area contributed by atoms with E-state index in [0.29, 0.717) is 17.3 Å². The zero-order chi connectivity index (χ0) is 18.1. The first-order valence-corrected chi connectivity index (χ1v) is 8.63. The molecule has 2 heterocycles. The quantitative estimate of drug-likeness (QED) is 0.544. The summed E-state index contributed by atoms with van der Waals surface area (Å²) < 4.78 is 8.75. The van der Waals surface area contributed by atoms with E-state index < -0.39 is 0 Å². The third-order valence-electron chi connectivity index (χ3n) is 4.08. The van der Waals surface area contributed by atoms with Gasteiger partial charge in [-0.3, -0.25) is 9.36 Å². The second-order valence-corrected chi connectivity index (χ2v) is 6.20. The van der Waals surface area contributed by atoms with Crippen molar-refractivity contribution < 1.29 is 4.74 Å². The molecule has 4 rings (SSSR count). The third kappa shape index (κ3) is 2.97. The summed E-state index contributed by atoms with van der Waals surface area (Å²) in [6.45, 7) is 2.54. The molecule has 0 unspecified atom stereocenters. The van der Waals surface area contributed by atoms with Gasteiger partial charge in [0.1, 0.15) is 5.75 Å². The van der Waals surface area contributed by atoms with E-state index >= 15 is 0 Å². The van der Waals surface area contributed by atoms with E-state index in [-0.39, 0.29) is 5.56 Å². The van der Waals surface area contributed by atoms with Crippen molar-refractivity contribution in [1.82, 2.24) is 14.0 Å². The Kier molecular flexibility index (Phi) is 4.22. The number of halogens is 1. The Bertz CT molecular complexity index is 1110. The Morgan fingerprint density at radius 2 is 1.77 bits per heavy atom. The van der Waals surface area contributed by atoms with Crippen LogP contribution in [0.15, 0.2) is 71.9 Å². The van der Waals surface area contributed by atoms with Gasteiger partial charge in [-0.15, -0.1) is 0 Å². The molecule has 2 aromatic carbocycles. The average Bonchev–Trinajstić information content (AvgIpc) is 3.09. The van der Waals surface area contributed by atoms with Crippen molar-refractivity contribution in [2.24, 2.45) is 0 Å². The fraction of sp³-hybridized carbons (Fsp3) is 0.100. The zero-order valence-corrected chi connectivity index (χ0v) is 14.8. The van der Waals surface area contributed by atoms with E-state index in [9.17, 15) is 4.79 Å². The van der Waals surface area contributed by atoms with Gasteiger partial charge in [0.2, 0.25) is 5.65 Å². The van der Waals surface area contributed by atoms with Gasteiger partial charge in [-0.25, -0.2) is 4.98 Å². The Morgan fingerprint density at radius 3 is 2.46 bits per heavy atom. The number of rotatable bonds is 4. The molecule has 0 saturated carbocycles. The highest BCUT2D eigenvalue weighted by Gasteiger charge is 2.10. The number of benzene rings is 2. The zero-order valence-electron chi connectivity index (χ0n) is 14.1. The van der Waals surface area contributed by atoms with Crippen molar-refractivity contribution in [1.29, 1.82) is 0 Å². The molecule has 0 N–H and O–H groups in total. The van der Waals surface area contributed by atoms with Crippen molar-refractivity contribution >= 4 is 17.2 Å². The molecule has 0 saturated heterocycles. The maximum atomic E-state index is 12.9. The van der Waals surface area contributed by atoms with Crippen LogP contribution in [-0.4, -0.2) is 20.6 Å². The molecule has 0 atom stereocenters. The molecule has 0 aliphatic carbocycles. The lowest BCUT2D eigenvalue weighted by Crippen LogP contribution is -2.19. The van der Waals surface area contributed by atoms with Gasteiger partial charge in [-0.05, 0) is 43.3 Å². The minimum absolute atomic E-state index is 0.183. The number of ether oxygens (including phenoxy) is 1. The van der Waals surface area contributed by atoms with Crippen LogP contribution in [-0.2, 0) is 0 Å². The maximum Gasteiger partial charge on any atom is 0.298 e. The van der Waals surface area contributed by atoms with Gasteiger partial charge >= 0.3 is 0 Å². The van der Waals surface area contributed by atoms with Gasteiger partial charge in [0, 0.05) is 34.9 Å². The Morgan fingerprint density at radius 1 is 1.04 bits per heavy atom. The van der Waals surface area contributed by atoms with Crippen molar-refractivity contribution in [2.45, 2.75) is 6.92 Å². The van der Waals surface area contributed by atoms with Crippen LogP contribution in [0.25, 0.3) is 22.6 Å². The molecular weight excluding hydrogens is 350 g/mol. The molecule has 2 aromatic heterocycles. The largest absolute Gasteiger partial charge is 0.494 e. The van der Waals surface area contributed by atoms with E-state index in [1.165, 1.54) is 0 Å². The average molecular weight is 366 g/mol. The minimum atomic E-state index is -0.183. The van der Waals surface area contributed by atoms with Crippen LogP contribution in [0.1, 0.15) is 6.92 Å². The van der Waals surface area contributed by atoms with E-state index in [2.05, 4.69) is 4.98 Å². The maximum absolute atomic E-state index is 12.9. The number of hydrogen-bond donors (Lipinski definition) is 0. The molecule has 26 heavy (non-hydrogen) atoms. The molecule has 0 aliphatic rings. The fourth-order valence-electron chi connectivity index (χ4n) is 2.81. The fourth-order valence-corrected chi connectivity index (χ4v) is 2.94. The SMILES string of the molecule is CCOc1ccc(-n2ccn3cc(-c4ccc(Cl)cc4)nc3c2=O)cc1. The summed E-state index contributed by atoms with van der Waals surface area (Å²) in [7, 11) is 0. The normalized spacial score (nSPS) is 11.0. The molecule has 0 aliphatic heterocycles. The molecule has 0 spiro atoms. The number of hydrogen-bond acceptors (Lipinski definition) is 3. The second-order valence-electron chi connectivity index (χ2n) is 5.76. The smallest absolute Gasteiger partial charge is 0.298 e. The van der Waals surface area contributed by atoms with Crippen LogP contribution in [0.2, 0.25) is 5.02 Å². The molecule has 0 radical (unpaired) electrons. The third-order valence-corrected chi connectivity index (χ3v) is 4.34. The summed E-state index contributed by atoms with van der Waals surface area (Å²) in [6.07, 6.45) is 5.39. The first kappa shape index (κ1) is 16.4. The van der Waals surface area contributed by atoms with Crippen molar-refractivity contribution in [3.63, 3.8) is 0 Å². The summed E-state index contributed by atoms with van der Waals surface area (Å²) >= 11 is 5.93. The van der Waals surface area contributed by atoms with Gasteiger partial charge in [0.25, 0.3) is 5.56 Å². The predicted octanol–water partition coefficient (Wildman–Crippen LogP) is 4.20. The van der Waals surface area contributed by atoms with Gasteiger partial charge in [-0.2, -0.15) is 0 Å². The van der Waals surface area contributed by atoms with Gasteiger partial charge in [0.15, 0.2) is 0 Å². The predicted molar refractivity (Wildman–Crippen MR) is 102 cm³/mol. The van der Waals surface area contributed by atoms with Crippen LogP contribution >= 0.6 is 11.6 Å².